The number of nitrogens with zero attached hydrogens (tertiary/aromatic N) is 3. The Bertz CT molecular complexity index is 453. The lowest BCUT2D eigenvalue weighted by Crippen LogP contribution is -2.48. The van der Waals surface area contributed by atoms with Crippen molar-refractivity contribution in [1.29, 1.82) is 0 Å². The molecular formula is C12H20N4O2S. The summed E-state index contributed by atoms with van der Waals surface area (Å²) in [6, 6.07) is 0.564. The van der Waals surface area contributed by atoms with E-state index < -0.39 is 5.97 Å². The average Bonchev–Trinajstić information content (AvgIpc) is 2.80. The predicted octanol–water partition coefficient (Wildman–Crippen LogP) is 1.04. The van der Waals surface area contributed by atoms with Crippen LogP contribution in [0.3, 0.4) is 0 Å². The Hall–Kier alpha value is -1.34. The first-order chi connectivity index (χ1) is 9.02. The average molecular weight is 284 g/mol. The van der Waals surface area contributed by atoms with Crippen molar-refractivity contribution in [3.8, 4) is 0 Å². The van der Waals surface area contributed by atoms with E-state index in [2.05, 4.69) is 28.6 Å². The van der Waals surface area contributed by atoms with Gasteiger partial charge in [0.2, 0.25) is 0 Å². The summed E-state index contributed by atoms with van der Waals surface area (Å²) < 4.78 is 4.69. The number of aromatic nitrogens is 1. The third-order valence-corrected chi connectivity index (χ3v) is 4.44. The maximum Gasteiger partial charge on any atom is 0.351 e. The molecule has 2 N–H and O–H groups in total. The minimum atomic E-state index is -0.415. The lowest BCUT2D eigenvalue weighted by Gasteiger charge is -2.36. The van der Waals surface area contributed by atoms with Crippen LogP contribution in [0.25, 0.3) is 0 Å². The molecule has 0 bridgehead atoms. The molecule has 0 spiro atoms. The van der Waals surface area contributed by atoms with Crippen molar-refractivity contribution in [2.75, 3.05) is 43.9 Å². The zero-order valence-electron chi connectivity index (χ0n) is 11.5. The van der Waals surface area contributed by atoms with Gasteiger partial charge in [-0.3, -0.25) is 4.90 Å². The van der Waals surface area contributed by atoms with Gasteiger partial charge >= 0.3 is 5.97 Å². The first-order valence-corrected chi connectivity index (χ1v) is 7.18. The molecule has 0 saturated carbocycles. The van der Waals surface area contributed by atoms with Crippen LogP contribution in [0.5, 0.6) is 0 Å². The van der Waals surface area contributed by atoms with Crippen LogP contribution in [0.15, 0.2) is 0 Å². The molecule has 1 aliphatic heterocycles. The standard InChI is InChI=1S/C12H20N4O2S/c1-8(2)15-4-6-16(7-5-15)12-14-10(13)9(19-12)11(17)18-3/h8H,4-7,13H2,1-3H3. The Morgan fingerprint density at radius 3 is 2.53 bits per heavy atom. The van der Waals surface area contributed by atoms with E-state index in [4.69, 9.17) is 10.5 Å². The van der Waals surface area contributed by atoms with Gasteiger partial charge in [0.25, 0.3) is 0 Å². The van der Waals surface area contributed by atoms with Crippen LogP contribution >= 0.6 is 11.3 Å². The molecule has 0 atom stereocenters. The second kappa shape index (κ2) is 5.75. The van der Waals surface area contributed by atoms with E-state index in [1.165, 1.54) is 18.4 Å². The first-order valence-electron chi connectivity index (χ1n) is 6.36. The first kappa shape index (κ1) is 14.1. The SMILES string of the molecule is COC(=O)c1sc(N2CCN(C(C)C)CC2)nc1N. The Kier molecular flexibility index (Phi) is 4.26. The van der Waals surface area contributed by atoms with Gasteiger partial charge in [0.1, 0.15) is 0 Å². The Balaban J connectivity index is 2.06. The lowest BCUT2D eigenvalue weighted by molar-refractivity contribution is 0.0607. The number of thiazole rings is 1. The maximum absolute atomic E-state index is 11.5. The van der Waals surface area contributed by atoms with E-state index in [1.54, 1.807) is 0 Å². The van der Waals surface area contributed by atoms with Crippen LogP contribution in [-0.2, 0) is 4.74 Å². The van der Waals surface area contributed by atoms with Crippen molar-refractivity contribution >= 4 is 28.3 Å². The summed E-state index contributed by atoms with van der Waals surface area (Å²) in [6.45, 7) is 8.23. The quantitative estimate of drug-likeness (QED) is 0.836. The van der Waals surface area contributed by atoms with Crippen LogP contribution in [0.1, 0.15) is 23.5 Å². The van der Waals surface area contributed by atoms with Gasteiger partial charge in [-0.1, -0.05) is 11.3 Å². The van der Waals surface area contributed by atoms with Crippen molar-refractivity contribution < 1.29 is 9.53 Å². The summed E-state index contributed by atoms with van der Waals surface area (Å²) in [4.78, 5) is 20.8. The minimum absolute atomic E-state index is 0.262. The van der Waals surface area contributed by atoms with Gasteiger partial charge in [-0.25, -0.2) is 9.78 Å². The third-order valence-electron chi connectivity index (χ3n) is 3.33. The number of methoxy groups -OCH3 is 1. The number of nitrogens with two attached hydrogens (primary N) is 1. The summed E-state index contributed by atoms with van der Waals surface area (Å²) >= 11 is 1.31. The largest absolute Gasteiger partial charge is 0.465 e. The molecule has 1 aliphatic rings. The number of piperazine rings is 1. The van der Waals surface area contributed by atoms with Crippen LogP contribution in [-0.4, -0.2) is 55.2 Å². The molecule has 2 heterocycles. The van der Waals surface area contributed by atoms with E-state index in [0.717, 1.165) is 31.3 Å². The Morgan fingerprint density at radius 2 is 2.00 bits per heavy atom. The van der Waals surface area contributed by atoms with Gasteiger partial charge in [-0.2, -0.15) is 0 Å². The van der Waals surface area contributed by atoms with E-state index in [0.29, 0.717) is 10.9 Å². The third kappa shape index (κ3) is 2.98. The van der Waals surface area contributed by atoms with Gasteiger partial charge in [-0.15, -0.1) is 0 Å². The van der Waals surface area contributed by atoms with Gasteiger partial charge in [0.15, 0.2) is 15.8 Å². The van der Waals surface area contributed by atoms with E-state index in [-0.39, 0.29) is 5.82 Å². The molecule has 1 aromatic rings. The summed E-state index contributed by atoms with van der Waals surface area (Å²) in [5.74, 6) is -0.153. The molecule has 0 unspecified atom stereocenters. The second-order valence-electron chi connectivity index (χ2n) is 4.82. The van der Waals surface area contributed by atoms with E-state index >= 15 is 0 Å². The van der Waals surface area contributed by atoms with E-state index in [1.807, 2.05) is 0 Å². The highest BCUT2D eigenvalue weighted by atomic mass is 32.1. The second-order valence-corrected chi connectivity index (χ2v) is 5.80. The number of esters is 1. The molecule has 19 heavy (non-hydrogen) atoms. The molecule has 6 nitrogen and oxygen atoms in total. The summed E-state index contributed by atoms with van der Waals surface area (Å²) in [5, 5.41) is 0.807. The summed E-state index contributed by atoms with van der Waals surface area (Å²) in [6.07, 6.45) is 0. The molecule has 0 aromatic carbocycles. The number of carbonyl (C=O) groups is 1. The predicted molar refractivity (Wildman–Crippen MR) is 76.8 cm³/mol. The molecule has 2 rings (SSSR count). The maximum atomic E-state index is 11.5. The number of nitrogen functional groups attached to an aromatic ring is 1. The number of ether oxygens (including phenoxy) is 1. The molecule has 7 heteroatoms. The number of rotatable bonds is 3. The highest BCUT2D eigenvalue weighted by Crippen LogP contribution is 2.29. The fourth-order valence-corrected chi connectivity index (χ4v) is 3.08. The van der Waals surface area contributed by atoms with Gasteiger partial charge < -0.3 is 15.4 Å². The molecule has 1 aromatic heterocycles. The number of hydrogen-bond donors (Lipinski definition) is 1. The highest BCUT2D eigenvalue weighted by molar-refractivity contribution is 7.18. The number of anilines is 2. The van der Waals surface area contributed by atoms with Crippen molar-refractivity contribution in [2.24, 2.45) is 0 Å². The molecule has 0 amide bonds. The monoisotopic (exact) mass is 284 g/mol. The minimum Gasteiger partial charge on any atom is -0.465 e. The van der Waals surface area contributed by atoms with E-state index in [9.17, 15) is 4.79 Å². The van der Waals surface area contributed by atoms with Crippen LogP contribution in [0, 0.1) is 0 Å². The van der Waals surface area contributed by atoms with Crippen LogP contribution in [0.2, 0.25) is 0 Å². The zero-order valence-corrected chi connectivity index (χ0v) is 12.4. The fourth-order valence-electron chi connectivity index (χ4n) is 2.12. The van der Waals surface area contributed by atoms with Crippen LogP contribution in [0.4, 0.5) is 10.9 Å². The molecule has 1 fully saturated rings. The number of hydrogen-bond acceptors (Lipinski definition) is 7. The molecule has 106 valence electrons. The summed E-state index contributed by atoms with van der Waals surface area (Å²) in [5.41, 5.74) is 5.76. The molecular weight excluding hydrogens is 264 g/mol. The van der Waals surface area contributed by atoms with Crippen LogP contribution < -0.4 is 10.6 Å². The van der Waals surface area contributed by atoms with Crippen molar-refractivity contribution in [3.63, 3.8) is 0 Å². The van der Waals surface area contributed by atoms with Gasteiger partial charge in [0, 0.05) is 32.2 Å². The summed E-state index contributed by atoms with van der Waals surface area (Å²) in [7, 11) is 1.35. The molecule has 0 aliphatic carbocycles. The van der Waals surface area contributed by atoms with Crippen molar-refractivity contribution in [1.82, 2.24) is 9.88 Å². The molecule has 0 radical (unpaired) electrons. The fraction of sp³-hybridized carbons (Fsp3) is 0.667. The Labute approximate surface area is 117 Å². The lowest BCUT2D eigenvalue weighted by atomic mass is 10.2. The highest BCUT2D eigenvalue weighted by Gasteiger charge is 2.24. The topological polar surface area (TPSA) is 71.7 Å². The zero-order chi connectivity index (χ0) is 14.0. The Morgan fingerprint density at radius 1 is 1.37 bits per heavy atom. The number of carbonyl (C=O) groups excluding carboxylic acids is 1. The van der Waals surface area contributed by atoms with Crippen molar-refractivity contribution in [3.05, 3.63) is 4.88 Å². The van der Waals surface area contributed by atoms with Gasteiger partial charge in [0.05, 0.1) is 7.11 Å². The van der Waals surface area contributed by atoms with Gasteiger partial charge in [-0.05, 0) is 13.8 Å². The van der Waals surface area contributed by atoms with Crippen molar-refractivity contribution in [2.45, 2.75) is 19.9 Å². The molecule has 1 saturated heterocycles. The normalized spacial score (nSPS) is 16.9. The smallest absolute Gasteiger partial charge is 0.351 e.